The minimum atomic E-state index is -0.876. The number of nitrogens with one attached hydrogen (secondary N) is 1. The van der Waals surface area contributed by atoms with E-state index in [1.54, 1.807) is 13.8 Å². The lowest BCUT2D eigenvalue weighted by molar-refractivity contribution is 0.0945. The standard InChI is InChI=1S/C10H16BrN3O3/c1-10(2,17)6-12-7-5-13-14(3-4-15)9(16)8(7)11/h5,12,15,17H,3-4,6H2,1-2H3. The van der Waals surface area contributed by atoms with Gasteiger partial charge in [0.1, 0.15) is 4.47 Å². The highest BCUT2D eigenvalue weighted by Gasteiger charge is 2.14. The number of hydrogen-bond donors (Lipinski definition) is 3. The van der Waals surface area contributed by atoms with Crippen molar-refractivity contribution in [3.63, 3.8) is 0 Å². The van der Waals surface area contributed by atoms with Crippen molar-refractivity contribution in [1.29, 1.82) is 0 Å². The van der Waals surface area contributed by atoms with Gasteiger partial charge in [0.25, 0.3) is 5.56 Å². The van der Waals surface area contributed by atoms with Crippen molar-refractivity contribution in [2.75, 3.05) is 18.5 Å². The minimum absolute atomic E-state index is 0.143. The van der Waals surface area contributed by atoms with Crippen LogP contribution in [0.4, 0.5) is 5.69 Å². The fourth-order valence-electron chi connectivity index (χ4n) is 1.15. The van der Waals surface area contributed by atoms with Gasteiger partial charge in [-0.3, -0.25) is 4.79 Å². The highest BCUT2D eigenvalue weighted by Crippen LogP contribution is 2.17. The van der Waals surface area contributed by atoms with Gasteiger partial charge in [0, 0.05) is 6.54 Å². The van der Waals surface area contributed by atoms with Crippen LogP contribution < -0.4 is 10.9 Å². The highest BCUT2D eigenvalue weighted by molar-refractivity contribution is 9.10. The summed E-state index contributed by atoms with van der Waals surface area (Å²) in [5.41, 5.74) is -0.675. The second-order valence-electron chi connectivity index (χ2n) is 4.29. The first-order chi connectivity index (χ1) is 7.85. The molecule has 0 aliphatic rings. The summed E-state index contributed by atoms with van der Waals surface area (Å²) in [6, 6.07) is 0. The van der Waals surface area contributed by atoms with E-state index < -0.39 is 5.60 Å². The molecule has 0 bridgehead atoms. The maximum absolute atomic E-state index is 11.7. The molecule has 0 saturated carbocycles. The van der Waals surface area contributed by atoms with E-state index in [4.69, 9.17) is 5.11 Å². The van der Waals surface area contributed by atoms with Crippen LogP contribution >= 0.6 is 15.9 Å². The summed E-state index contributed by atoms with van der Waals surface area (Å²) in [5.74, 6) is 0. The fraction of sp³-hybridized carbons (Fsp3) is 0.600. The zero-order valence-corrected chi connectivity index (χ0v) is 11.4. The number of hydrogen-bond acceptors (Lipinski definition) is 5. The quantitative estimate of drug-likeness (QED) is 0.722. The fourth-order valence-corrected chi connectivity index (χ4v) is 1.60. The highest BCUT2D eigenvalue weighted by atomic mass is 79.9. The minimum Gasteiger partial charge on any atom is -0.394 e. The second kappa shape index (κ2) is 5.61. The van der Waals surface area contributed by atoms with Crippen molar-refractivity contribution < 1.29 is 10.2 Å². The van der Waals surface area contributed by atoms with Crippen LogP contribution in [0.5, 0.6) is 0 Å². The molecule has 0 spiro atoms. The molecule has 6 nitrogen and oxygen atoms in total. The van der Waals surface area contributed by atoms with Crippen LogP contribution in [0.3, 0.4) is 0 Å². The molecule has 0 aliphatic carbocycles. The van der Waals surface area contributed by atoms with Crippen molar-refractivity contribution in [2.24, 2.45) is 0 Å². The number of aromatic nitrogens is 2. The monoisotopic (exact) mass is 305 g/mol. The van der Waals surface area contributed by atoms with E-state index in [0.29, 0.717) is 16.7 Å². The molecule has 17 heavy (non-hydrogen) atoms. The Morgan fingerprint density at radius 3 is 2.76 bits per heavy atom. The number of aliphatic hydroxyl groups is 2. The van der Waals surface area contributed by atoms with Crippen molar-refractivity contribution in [2.45, 2.75) is 26.0 Å². The summed E-state index contributed by atoms with van der Waals surface area (Å²) in [5, 5.41) is 25.1. The molecule has 0 amide bonds. The maximum Gasteiger partial charge on any atom is 0.283 e. The summed E-state index contributed by atoms with van der Waals surface area (Å²) in [6.45, 7) is 3.64. The zero-order valence-electron chi connectivity index (χ0n) is 9.77. The summed E-state index contributed by atoms with van der Waals surface area (Å²) < 4.78 is 1.50. The molecule has 0 aliphatic heterocycles. The van der Waals surface area contributed by atoms with Crippen molar-refractivity contribution in [3.05, 3.63) is 21.0 Å². The van der Waals surface area contributed by atoms with Crippen LogP contribution in [0, 0.1) is 0 Å². The Bertz CT molecular complexity index is 439. The molecule has 1 aromatic heterocycles. The number of halogens is 1. The van der Waals surface area contributed by atoms with E-state index in [-0.39, 0.29) is 18.7 Å². The van der Waals surface area contributed by atoms with Gasteiger partial charge in [-0.2, -0.15) is 5.10 Å². The molecule has 1 rings (SSSR count). The molecule has 1 heterocycles. The maximum atomic E-state index is 11.7. The Morgan fingerprint density at radius 2 is 2.24 bits per heavy atom. The van der Waals surface area contributed by atoms with Crippen molar-refractivity contribution in [1.82, 2.24) is 9.78 Å². The molecule has 0 unspecified atom stereocenters. The molecule has 0 radical (unpaired) electrons. The Hall–Kier alpha value is -0.920. The van der Waals surface area contributed by atoms with Gasteiger partial charge in [-0.25, -0.2) is 4.68 Å². The molecule has 1 aromatic rings. The van der Waals surface area contributed by atoms with Crippen molar-refractivity contribution in [3.8, 4) is 0 Å². The van der Waals surface area contributed by atoms with E-state index in [1.807, 2.05) is 0 Å². The van der Waals surface area contributed by atoms with Gasteiger partial charge in [0.05, 0.1) is 30.6 Å². The van der Waals surface area contributed by atoms with Gasteiger partial charge >= 0.3 is 0 Å². The van der Waals surface area contributed by atoms with Gasteiger partial charge in [-0.15, -0.1) is 0 Å². The molecule has 0 aromatic carbocycles. The van der Waals surface area contributed by atoms with E-state index in [1.165, 1.54) is 10.9 Å². The Labute approximate surface area is 107 Å². The van der Waals surface area contributed by atoms with E-state index in [9.17, 15) is 9.90 Å². The first-order valence-corrected chi connectivity index (χ1v) is 5.97. The Balaban J connectivity index is 2.89. The van der Waals surface area contributed by atoms with Crippen LogP contribution in [0.15, 0.2) is 15.5 Å². The molecular weight excluding hydrogens is 290 g/mol. The van der Waals surface area contributed by atoms with Gasteiger partial charge in [0.2, 0.25) is 0 Å². The number of rotatable bonds is 5. The lowest BCUT2D eigenvalue weighted by atomic mass is 10.1. The average Bonchev–Trinajstić information content (AvgIpc) is 2.23. The predicted molar refractivity (Wildman–Crippen MR) is 68.1 cm³/mol. The van der Waals surface area contributed by atoms with E-state index >= 15 is 0 Å². The molecule has 96 valence electrons. The van der Waals surface area contributed by atoms with Crippen LogP contribution in [-0.4, -0.2) is 38.7 Å². The van der Waals surface area contributed by atoms with Gasteiger partial charge in [0.15, 0.2) is 0 Å². The summed E-state index contributed by atoms with van der Waals surface area (Å²) in [4.78, 5) is 11.7. The molecule has 0 atom stereocenters. The number of nitrogens with zero attached hydrogens (tertiary/aromatic N) is 2. The van der Waals surface area contributed by atoms with Crippen LogP contribution in [0.1, 0.15) is 13.8 Å². The first-order valence-electron chi connectivity index (χ1n) is 5.18. The molecule has 0 saturated heterocycles. The Kier molecular flexibility index (Phi) is 4.67. The third-order valence-corrected chi connectivity index (χ3v) is 2.77. The topological polar surface area (TPSA) is 87.4 Å². The lowest BCUT2D eigenvalue weighted by Gasteiger charge is -2.19. The van der Waals surface area contributed by atoms with Crippen molar-refractivity contribution >= 4 is 21.6 Å². The third kappa shape index (κ3) is 4.10. The normalized spacial score (nSPS) is 11.6. The third-order valence-electron chi connectivity index (χ3n) is 2.01. The molecule has 3 N–H and O–H groups in total. The molecular formula is C10H16BrN3O3. The van der Waals surface area contributed by atoms with E-state index in [0.717, 1.165) is 0 Å². The van der Waals surface area contributed by atoms with E-state index in [2.05, 4.69) is 26.3 Å². The largest absolute Gasteiger partial charge is 0.394 e. The SMILES string of the molecule is CC(C)(O)CNc1cnn(CCO)c(=O)c1Br. The first kappa shape index (κ1) is 14.1. The summed E-state index contributed by atoms with van der Waals surface area (Å²) in [6.07, 6.45) is 1.48. The lowest BCUT2D eigenvalue weighted by Crippen LogP contribution is -2.31. The average molecular weight is 306 g/mol. The summed E-state index contributed by atoms with van der Waals surface area (Å²) >= 11 is 3.17. The Morgan fingerprint density at radius 1 is 1.59 bits per heavy atom. The number of anilines is 1. The van der Waals surface area contributed by atoms with Gasteiger partial charge in [-0.05, 0) is 29.8 Å². The van der Waals surface area contributed by atoms with Crippen LogP contribution in [-0.2, 0) is 6.54 Å². The van der Waals surface area contributed by atoms with Gasteiger partial charge in [-0.1, -0.05) is 0 Å². The van der Waals surface area contributed by atoms with Crippen LogP contribution in [0.25, 0.3) is 0 Å². The number of aliphatic hydroxyl groups excluding tert-OH is 1. The van der Waals surface area contributed by atoms with Gasteiger partial charge < -0.3 is 15.5 Å². The summed E-state index contributed by atoms with van der Waals surface area (Å²) in [7, 11) is 0. The van der Waals surface area contributed by atoms with Crippen LogP contribution in [0.2, 0.25) is 0 Å². The zero-order chi connectivity index (χ0) is 13.1. The second-order valence-corrected chi connectivity index (χ2v) is 5.08. The smallest absolute Gasteiger partial charge is 0.283 e. The molecule has 0 fully saturated rings. The molecule has 7 heteroatoms. The predicted octanol–water partition coefficient (Wildman–Crippen LogP) is 0.181.